The summed E-state index contributed by atoms with van der Waals surface area (Å²) in [6.07, 6.45) is -0.962. The maximum atomic E-state index is 13.9. The van der Waals surface area contributed by atoms with Crippen LogP contribution in [0.25, 0.3) is 0 Å². The molecule has 0 aliphatic rings. The van der Waals surface area contributed by atoms with E-state index in [1.54, 1.807) is 12.1 Å². The molecule has 0 saturated carbocycles. The highest BCUT2D eigenvalue weighted by Crippen LogP contribution is 2.34. The predicted molar refractivity (Wildman–Crippen MR) is 78.8 cm³/mol. The van der Waals surface area contributed by atoms with Gasteiger partial charge in [-0.25, -0.2) is 4.39 Å². The van der Waals surface area contributed by atoms with E-state index in [4.69, 9.17) is 0 Å². The summed E-state index contributed by atoms with van der Waals surface area (Å²) in [6, 6.07) is 8.72. The lowest BCUT2D eigenvalue weighted by Gasteiger charge is -2.19. The van der Waals surface area contributed by atoms with Crippen molar-refractivity contribution >= 4 is 15.9 Å². The lowest BCUT2D eigenvalue weighted by Crippen LogP contribution is -2.08. The minimum Gasteiger partial charge on any atom is -0.383 e. The number of rotatable bonds is 2. The molecule has 2 rings (SSSR count). The van der Waals surface area contributed by atoms with E-state index >= 15 is 0 Å². The Morgan fingerprint density at radius 3 is 2.16 bits per heavy atom. The van der Waals surface area contributed by atoms with Crippen molar-refractivity contribution in [1.82, 2.24) is 0 Å². The molecule has 0 aromatic heterocycles. The van der Waals surface area contributed by atoms with Crippen LogP contribution in [0.15, 0.2) is 34.8 Å². The van der Waals surface area contributed by atoms with Crippen molar-refractivity contribution in [2.75, 3.05) is 0 Å². The Balaban J connectivity index is 2.60. The molecule has 0 radical (unpaired) electrons. The molecule has 2 aromatic carbocycles. The van der Waals surface area contributed by atoms with Crippen molar-refractivity contribution < 1.29 is 9.50 Å². The molecule has 0 spiro atoms. The second-order valence-electron chi connectivity index (χ2n) is 4.85. The maximum Gasteiger partial charge on any atom is 0.130 e. The van der Waals surface area contributed by atoms with Crippen LogP contribution >= 0.6 is 15.9 Å². The van der Waals surface area contributed by atoms with E-state index < -0.39 is 11.9 Å². The van der Waals surface area contributed by atoms with Gasteiger partial charge in [-0.2, -0.15) is 0 Å². The number of halogens is 2. The SMILES string of the molecule is Cc1cc(C)c(C(O)c2c(F)cccc2Br)c(C)c1. The number of aliphatic hydroxyl groups is 1. The molecule has 0 saturated heterocycles. The fourth-order valence-corrected chi connectivity index (χ4v) is 3.10. The van der Waals surface area contributed by atoms with Crippen LogP contribution in [0.3, 0.4) is 0 Å². The molecule has 0 heterocycles. The lowest BCUT2D eigenvalue weighted by atomic mass is 9.92. The predicted octanol–water partition coefficient (Wildman–Crippen LogP) is 4.60. The third-order valence-electron chi connectivity index (χ3n) is 3.28. The number of hydrogen-bond acceptors (Lipinski definition) is 1. The zero-order valence-electron chi connectivity index (χ0n) is 11.2. The minimum absolute atomic E-state index is 0.289. The summed E-state index contributed by atoms with van der Waals surface area (Å²) < 4.78 is 14.5. The van der Waals surface area contributed by atoms with Crippen LogP contribution in [0.2, 0.25) is 0 Å². The van der Waals surface area contributed by atoms with E-state index in [2.05, 4.69) is 15.9 Å². The molecular weight excluding hydrogens is 307 g/mol. The summed E-state index contributed by atoms with van der Waals surface area (Å²) in [4.78, 5) is 0. The van der Waals surface area contributed by atoms with Gasteiger partial charge in [0.2, 0.25) is 0 Å². The Morgan fingerprint density at radius 1 is 1.05 bits per heavy atom. The topological polar surface area (TPSA) is 20.2 Å². The fraction of sp³-hybridized carbons (Fsp3) is 0.250. The standard InChI is InChI=1S/C16H16BrFO/c1-9-7-10(2)14(11(3)8-9)16(19)15-12(17)5-4-6-13(15)18/h4-8,16,19H,1-3H3. The van der Waals surface area contributed by atoms with Crippen molar-refractivity contribution in [1.29, 1.82) is 0 Å². The first kappa shape index (κ1) is 14.2. The van der Waals surface area contributed by atoms with Crippen LogP contribution < -0.4 is 0 Å². The van der Waals surface area contributed by atoms with Gasteiger partial charge in [-0.05, 0) is 49.6 Å². The first-order valence-corrected chi connectivity index (χ1v) is 6.91. The van der Waals surface area contributed by atoms with E-state index in [0.717, 1.165) is 22.3 Å². The zero-order valence-corrected chi connectivity index (χ0v) is 12.8. The van der Waals surface area contributed by atoms with E-state index in [1.165, 1.54) is 6.07 Å². The van der Waals surface area contributed by atoms with Crippen molar-refractivity contribution in [3.63, 3.8) is 0 Å². The molecule has 1 N–H and O–H groups in total. The molecule has 0 amide bonds. The maximum absolute atomic E-state index is 13.9. The Hall–Kier alpha value is -1.19. The van der Waals surface area contributed by atoms with Gasteiger partial charge in [0.1, 0.15) is 11.9 Å². The van der Waals surface area contributed by atoms with Gasteiger partial charge in [0, 0.05) is 10.0 Å². The summed E-state index contributed by atoms with van der Waals surface area (Å²) >= 11 is 3.31. The quantitative estimate of drug-likeness (QED) is 0.857. The monoisotopic (exact) mass is 322 g/mol. The first-order valence-electron chi connectivity index (χ1n) is 6.11. The highest BCUT2D eigenvalue weighted by molar-refractivity contribution is 9.10. The molecule has 100 valence electrons. The van der Waals surface area contributed by atoms with Gasteiger partial charge in [0.25, 0.3) is 0 Å². The second kappa shape index (κ2) is 5.43. The molecule has 3 heteroatoms. The number of aryl methyl sites for hydroxylation is 3. The summed E-state index contributed by atoms with van der Waals surface area (Å²) in [6.45, 7) is 5.88. The number of hydrogen-bond donors (Lipinski definition) is 1. The van der Waals surface area contributed by atoms with Gasteiger partial charge >= 0.3 is 0 Å². The summed E-state index contributed by atoms with van der Waals surface area (Å²) in [5, 5.41) is 10.5. The highest BCUT2D eigenvalue weighted by atomic mass is 79.9. The van der Waals surface area contributed by atoms with Gasteiger partial charge in [-0.15, -0.1) is 0 Å². The Bertz CT molecular complexity index is 579. The molecule has 0 fully saturated rings. The molecule has 2 aromatic rings. The highest BCUT2D eigenvalue weighted by Gasteiger charge is 2.21. The summed E-state index contributed by atoms with van der Waals surface area (Å²) in [7, 11) is 0. The minimum atomic E-state index is -0.962. The van der Waals surface area contributed by atoms with Crippen molar-refractivity contribution in [2.24, 2.45) is 0 Å². The van der Waals surface area contributed by atoms with E-state index in [-0.39, 0.29) is 5.56 Å². The van der Waals surface area contributed by atoms with Crippen molar-refractivity contribution in [2.45, 2.75) is 26.9 Å². The van der Waals surface area contributed by atoms with Gasteiger partial charge in [-0.3, -0.25) is 0 Å². The zero-order chi connectivity index (χ0) is 14.2. The number of benzene rings is 2. The molecule has 1 unspecified atom stereocenters. The Kier molecular flexibility index (Phi) is 4.07. The molecular formula is C16H16BrFO. The van der Waals surface area contributed by atoms with Gasteiger partial charge in [-0.1, -0.05) is 39.7 Å². The Labute approximate surface area is 121 Å². The van der Waals surface area contributed by atoms with Crippen molar-refractivity contribution in [3.8, 4) is 0 Å². The smallest absolute Gasteiger partial charge is 0.130 e. The van der Waals surface area contributed by atoms with Crippen LogP contribution in [-0.2, 0) is 0 Å². The van der Waals surface area contributed by atoms with Crippen LogP contribution in [0.5, 0.6) is 0 Å². The molecule has 19 heavy (non-hydrogen) atoms. The van der Waals surface area contributed by atoms with Gasteiger partial charge < -0.3 is 5.11 Å². The Morgan fingerprint density at radius 2 is 1.63 bits per heavy atom. The first-order chi connectivity index (χ1) is 8.91. The third kappa shape index (κ3) is 2.72. The normalized spacial score (nSPS) is 12.5. The molecule has 0 aliphatic heterocycles. The van der Waals surface area contributed by atoms with E-state index in [9.17, 15) is 9.50 Å². The van der Waals surface area contributed by atoms with E-state index in [0.29, 0.717) is 4.47 Å². The summed E-state index contributed by atoms with van der Waals surface area (Å²) in [5.41, 5.74) is 4.15. The average Bonchev–Trinajstić information content (AvgIpc) is 2.26. The largest absolute Gasteiger partial charge is 0.383 e. The van der Waals surface area contributed by atoms with Crippen LogP contribution in [-0.4, -0.2) is 5.11 Å². The fourth-order valence-electron chi connectivity index (χ4n) is 2.54. The molecule has 1 nitrogen and oxygen atoms in total. The van der Waals surface area contributed by atoms with Gasteiger partial charge in [0.15, 0.2) is 0 Å². The van der Waals surface area contributed by atoms with Crippen LogP contribution in [0.1, 0.15) is 33.9 Å². The van der Waals surface area contributed by atoms with Crippen LogP contribution in [0.4, 0.5) is 4.39 Å². The number of aliphatic hydroxyl groups excluding tert-OH is 1. The lowest BCUT2D eigenvalue weighted by molar-refractivity contribution is 0.212. The molecule has 0 aliphatic carbocycles. The molecule has 0 bridgehead atoms. The third-order valence-corrected chi connectivity index (χ3v) is 3.98. The summed E-state index contributed by atoms with van der Waals surface area (Å²) in [5.74, 6) is -0.402. The van der Waals surface area contributed by atoms with Crippen LogP contribution in [0, 0.1) is 26.6 Å². The van der Waals surface area contributed by atoms with Gasteiger partial charge in [0.05, 0.1) is 0 Å². The average molecular weight is 323 g/mol. The second-order valence-corrected chi connectivity index (χ2v) is 5.70. The van der Waals surface area contributed by atoms with Crippen molar-refractivity contribution in [3.05, 3.63) is 68.4 Å². The molecule has 1 atom stereocenters. The van der Waals surface area contributed by atoms with E-state index in [1.807, 2.05) is 32.9 Å².